The lowest BCUT2D eigenvalue weighted by Gasteiger charge is -2.05. The molecule has 2 aromatic heterocycles. The lowest BCUT2D eigenvalue weighted by molar-refractivity contribution is 0.939. The SMILES string of the molecule is Clc1cc(-c2ccccc2)nc(Cc2ccccn2)n1. The van der Waals surface area contributed by atoms with E-state index >= 15 is 0 Å². The van der Waals surface area contributed by atoms with Crippen LogP contribution in [0.4, 0.5) is 0 Å². The number of rotatable bonds is 3. The van der Waals surface area contributed by atoms with Crippen molar-refractivity contribution in [3.63, 3.8) is 0 Å². The molecule has 0 aliphatic heterocycles. The molecule has 0 fully saturated rings. The smallest absolute Gasteiger partial charge is 0.136 e. The Hall–Kier alpha value is -2.26. The Labute approximate surface area is 122 Å². The molecule has 0 bridgehead atoms. The molecule has 0 spiro atoms. The van der Waals surface area contributed by atoms with E-state index in [1.54, 1.807) is 12.3 Å². The van der Waals surface area contributed by atoms with Crippen LogP contribution in [0.2, 0.25) is 5.15 Å². The van der Waals surface area contributed by atoms with Gasteiger partial charge in [0.05, 0.1) is 12.1 Å². The molecule has 20 heavy (non-hydrogen) atoms. The van der Waals surface area contributed by atoms with Crippen LogP contribution in [-0.4, -0.2) is 15.0 Å². The minimum absolute atomic E-state index is 0.449. The lowest BCUT2D eigenvalue weighted by Crippen LogP contribution is -2.00. The summed E-state index contributed by atoms with van der Waals surface area (Å²) in [4.78, 5) is 13.1. The van der Waals surface area contributed by atoms with Crippen LogP contribution in [0.1, 0.15) is 11.5 Å². The molecule has 0 radical (unpaired) electrons. The van der Waals surface area contributed by atoms with Crippen molar-refractivity contribution in [3.05, 3.63) is 77.5 Å². The highest BCUT2D eigenvalue weighted by atomic mass is 35.5. The fourth-order valence-corrected chi connectivity index (χ4v) is 2.17. The van der Waals surface area contributed by atoms with Crippen LogP contribution in [0.25, 0.3) is 11.3 Å². The maximum atomic E-state index is 6.09. The third kappa shape index (κ3) is 3.00. The molecule has 2 heterocycles. The Morgan fingerprint density at radius 3 is 2.45 bits per heavy atom. The third-order valence-corrected chi connectivity index (χ3v) is 3.07. The molecule has 0 saturated heterocycles. The van der Waals surface area contributed by atoms with Crippen LogP contribution in [0.15, 0.2) is 60.8 Å². The molecule has 0 N–H and O–H groups in total. The summed E-state index contributed by atoms with van der Waals surface area (Å²) in [5, 5.41) is 0.449. The molecule has 4 heteroatoms. The summed E-state index contributed by atoms with van der Waals surface area (Å²) in [7, 11) is 0. The summed E-state index contributed by atoms with van der Waals surface area (Å²) in [6.07, 6.45) is 2.33. The fourth-order valence-electron chi connectivity index (χ4n) is 1.97. The molecule has 98 valence electrons. The van der Waals surface area contributed by atoms with E-state index in [1.807, 2.05) is 48.5 Å². The van der Waals surface area contributed by atoms with Crippen molar-refractivity contribution in [2.24, 2.45) is 0 Å². The third-order valence-electron chi connectivity index (χ3n) is 2.88. The zero-order valence-corrected chi connectivity index (χ0v) is 11.5. The first-order chi connectivity index (χ1) is 9.81. The normalized spacial score (nSPS) is 10.4. The van der Waals surface area contributed by atoms with Crippen LogP contribution < -0.4 is 0 Å². The maximum absolute atomic E-state index is 6.09. The van der Waals surface area contributed by atoms with Crippen molar-refractivity contribution in [3.8, 4) is 11.3 Å². The van der Waals surface area contributed by atoms with Gasteiger partial charge in [-0.3, -0.25) is 4.98 Å². The second kappa shape index (κ2) is 5.80. The summed E-state index contributed by atoms with van der Waals surface area (Å²) in [6.45, 7) is 0. The number of nitrogens with zero attached hydrogens (tertiary/aromatic N) is 3. The molecular weight excluding hydrogens is 270 g/mol. The van der Waals surface area contributed by atoms with Crippen molar-refractivity contribution in [2.45, 2.75) is 6.42 Å². The highest BCUT2D eigenvalue weighted by Gasteiger charge is 2.06. The van der Waals surface area contributed by atoms with Gasteiger partial charge in [-0.2, -0.15) is 0 Å². The molecular formula is C16H12ClN3. The Morgan fingerprint density at radius 2 is 1.70 bits per heavy atom. The second-order valence-corrected chi connectivity index (χ2v) is 4.74. The minimum atomic E-state index is 0.449. The van der Waals surface area contributed by atoms with Crippen molar-refractivity contribution in [1.29, 1.82) is 0 Å². The molecule has 3 nitrogen and oxygen atoms in total. The molecule has 0 unspecified atom stereocenters. The van der Waals surface area contributed by atoms with Crippen molar-refractivity contribution < 1.29 is 0 Å². The zero-order valence-electron chi connectivity index (χ0n) is 10.7. The summed E-state index contributed by atoms with van der Waals surface area (Å²) in [6, 6.07) is 17.5. The highest BCUT2D eigenvalue weighted by molar-refractivity contribution is 6.29. The largest absolute Gasteiger partial charge is 0.261 e. The van der Waals surface area contributed by atoms with E-state index in [4.69, 9.17) is 11.6 Å². The van der Waals surface area contributed by atoms with Crippen molar-refractivity contribution in [2.75, 3.05) is 0 Å². The predicted molar refractivity (Wildman–Crippen MR) is 79.5 cm³/mol. The number of pyridine rings is 1. The van der Waals surface area contributed by atoms with Crippen LogP contribution in [0.3, 0.4) is 0 Å². The standard InChI is InChI=1S/C16H12ClN3/c17-15-11-14(12-6-2-1-3-7-12)19-16(20-15)10-13-8-4-5-9-18-13/h1-9,11H,10H2. The fraction of sp³-hybridized carbons (Fsp3) is 0.0625. The average Bonchev–Trinajstić information content (AvgIpc) is 2.49. The molecule has 3 aromatic rings. The molecule has 0 aliphatic rings. The van der Waals surface area contributed by atoms with E-state index in [9.17, 15) is 0 Å². The Balaban J connectivity index is 1.95. The van der Waals surface area contributed by atoms with Gasteiger partial charge in [0, 0.05) is 23.5 Å². The number of aromatic nitrogens is 3. The van der Waals surface area contributed by atoms with E-state index in [2.05, 4.69) is 15.0 Å². The molecule has 0 aliphatic carbocycles. The van der Waals surface area contributed by atoms with Crippen LogP contribution >= 0.6 is 11.6 Å². The topological polar surface area (TPSA) is 38.7 Å². The predicted octanol–water partition coefficient (Wildman–Crippen LogP) is 3.78. The van der Waals surface area contributed by atoms with Gasteiger partial charge in [0.1, 0.15) is 11.0 Å². The monoisotopic (exact) mass is 281 g/mol. The molecule has 0 atom stereocenters. The van der Waals surface area contributed by atoms with Gasteiger partial charge in [0.2, 0.25) is 0 Å². The number of halogens is 1. The summed E-state index contributed by atoms with van der Waals surface area (Å²) in [5.74, 6) is 0.676. The van der Waals surface area contributed by atoms with E-state index in [-0.39, 0.29) is 0 Å². The summed E-state index contributed by atoms with van der Waals surface area (Å²) in [5.41, 5.74) is 2.78. The number of benzene rings is 1. The van der Waals surface area contributed by atoms with E-state index in [0.29, 0.717) is 17.4 Å². The first-order valence-corrected chi connectivity index (χ1v) is 6.68. The van der Waals surface area contributed by atoms with Gasteiger partial charge in [-0.05, 0) is 12.1 Å². The van der Waals surface area contributed by atoms with Crippen molar-refractivity contribution >= 4 is 11.6 Å². The van der Waals surface area contributed by atoms with E-state index < -0.39 is 0 Å². The van der Waals surface area contributed by atoms with E-state index in [0.717, 1.165) is 17.0 Å². The van der Waals surface area contributed by atoms with Gasteiger partial charge < -0.3 is 0 Å². The van der Waals surface area contributed by atoms with Gasteiger partial charge in [-0.25, -0.2) is 9.97 Å². The Kier molecular flexibility index (Phi) is 3.70. The zero-order chi connectivity index (χ0) is 13.8. The Bertz CT molecular complexity index is 699. The molecule has 3 rings (SSSR count). The van der Waals surface area contributed by atoms with Gasteiger partial charge in [-0.15, -0.1) is 0 Å². The van der Waals surface area contributed by atoms with Gasteiger partial charge in [-0.1, -0.05) is 48.0 Å². The molecule has 0 saturated carbocycles. The number of hydrogen-bond acceptors (Lipinski definition) is 3. The average molecular weight is 282 g/mol. The number of hydrogen-bond donors (Lipinski definition) is 0. The minimum Gasteiger partial charge on any atom is -0.261 e. The first-order valence-electron chi connectivity index (χ1n) is 6.30. The summed E-state index contributed by atoms with van der Waals surface area (Å²) < 4.78 is 0. The quantitative estimate of drug-likeness (QED) is 0.686. The van der Waals surface area contributed by atoms with Gasteiger partial charge in [0.25, 0.3) is 0 Å². The first kappa shape index (κ1) is 12.8. The van der Waals surface area contributed by atoms with Crippen molar-refractivity contribution in [1.82, 2.24) is 15.0 Å². The van der Waals surface area contributed by atoms with E-state index in [1.165, 1.54) is 0 Å². The Morgan fingerprint density at radius 1 is 0.900 bits per heavy atom. The highest BCUT2D eigenvalue weighted by Crippen LogP contribution is 2.20. The maximum Gasteiger partial charge on any atom is 0.136 e. The molecule has 1 aromatic carbocycles. The van der Waals surface area contributed by atoms with Gasteiger partial charge in [0.15, 0.2) is 0 Å². The van der Waals surface area contributed by atoms with Crippen LogP contribution in [0.5, 0.6) is 0 Å². The summed E-state index contributed by atoms with van der Waals surface area (Å²) >= 11 is 6.09. The van der Waals surface area contributed by atoms with Crippen LogP contribution in [-0.2, 0) is 6.42 Å². The van der Waals surface area contributed by atoms with Crippen LogP contribution in [0, 0.1) is 0 Å². The second-order valence-electron chi connectivity index (χ2n) is 4.36. The molecule has 0 amide bonds. The van der Waals surface area contributed by atoms with Gasteiger partial charge >= 0.3 is 0 Å². The lowest BCUT2D eigenvalue weighted by atomic mass is 10.1.